The molecule has 9 heavy (non-hydrogen) atoms. The second kappa shape index (κ2) is 2.60. The summed E-state index contributed by atoms with van der Waals surface area (Å²) in [7, 11) is 0. The number of aryl methyl sites for hydroxylation is 1. The summed E-state index contributed by atoms with van der Waals surface area (Å²) in [6.45, 7) is 2.81. The lowest BCUT2D eigenvalue weighted by Gasteiger charge is -1.91. The lowest BCUT2D eigenvalue weighted by molar-refractivity contribution is -0.387. The van der Waals surface area contributed by atoms with Crippen molar-refractivity contribution in [2.45, 2.75) is 13.5 Å². The van der Waals surface area contributed by atoms with Crippen LogP contribution in [-0.2, 0) is 6.54 Å². The van der Waals surface area contributed by atoms with Crippen LogP contribution in [0.2, 0.25) is 0 Å². The van der Waals surface area contributed by atoms with E-state index < -0.39 is 0 Å². The monoisotopic (exact) mass is 123 g/mol. The van der Waals surface area contributed by atoms with Gasteiger partial charge in [-0.25, -0.2) is 0 Å². The van der Waals surface area contributed by atoms with Crippen LogP contribution in [0.15, 0.2) is 18.3 Å². The van der Waals surface area contributed by atoms with Crippen molar-refractivity contribution in [3.63, 3.8) is 0 Å². The van der Waals surface area contributed by atoms with Gasteiger partial charge in [-0.3, -0.25) is 4.98 Å². The van der Waals surface area contributed by atoms with E-state index in [4.69, 9.17) is 0 Å². The van der Waals surface area contributed by atoms with E-state index in [1.165, 1.54) is 5.56 Å². The third-order valence-electron chi connectivity index (χ3n) is 1.23. The Labute approximate surface area is 54.7 Å². The van der Waals surface area contributed by atoms with E-state index in [1.54, 1.807) is 0 Å². The molecule has 0 aliphatic heterocycles. The lowest BCUT2D eigenvalue weighted by atomic mass is 10.3. The first-order valence-corrected chi connectivity index (χ1v) is 3.03. The maximum atomic E-state index is 4.13. The van der Waals surface area contributed by atoms with E-state index in [-0.39, 0.29) is 0 Å². The zero-order valence-electron chi connectivity index (χ0n) is 5.59. The predicted octanol–water partition coefficient (Wildman–Crippen LogP) is 0.132. The summed E-state index contributed by atoms with van der Waals surface area (Å²) in [6.07, 6.45) is 1.86. The van der Waals surface area contributed by atoms with Gasteiger partial charge < -0.3 is 5.73 Å². The molecule has 1 aromatic rings. The van der Waals surface area contributed by atoms with Crippen molar-refractivity contribution in [3.05, 3.63) is 29.6 Å². The number of pyridine rings is 1. The van der Waals surface area contributed by atoms with Gasteiger partial charge >= 0.3 is 0 Å². The summed E-state index contributed by atoms with van der Waals surface area (Å²) in [5.74, 6) is 0. The molecular weight excluding hydrogens is 112 g/mol. The molecule has 0 saturated carbocycles. The molecule has 0 aliphatic carbocycles. The smallest absolute Gasteiger partial charge is 0.117 e. The first kappa shape index (κ1) is 6.23. The standard InChI is InChI=1S/C7H10N2/c1-6-2-3-7(4-8)9-5-6/h2-3,5H,4,8H2,1H3/p+1. The Hall–Kier alpha value is -0.890. The van der Waals surface area contributed by atoms with Crippen LogP contribution in [-0.4, -0.2) is 4.98 Å². The third kappa shape index (κ3) is 1.50. The molecule has 0 aliphatic rings. The van der Waals surface area contributed by atoms with Crippen LogP contribution in [0.25, 0.3) is 0 Å². The maximum Gasteiger partial charge on any atom is 0.117 e. The van der Waals surface area contributed by atoms with Crippen LogP contribution in [0.1, 0.15) is 11.3 Å². The minimum absolute atomic E-state index is 0.778. The van der Waals surface area contributed by atoms with E-state index in [9.17, 15) is 0 Å². The quantitative estimate of drug-likeness (QED) is 0.566. The highest BCUT2D eigenvalue weighted by Gasteiger charge is 1.88. The molecule has 0 radical (unpaired) electrons. The Kier molecular flexibility index (Phi) is 1.80. The van der Waals surface area contributed by atoms with Gasteiger partial charge in [0.2, 0.25) is 0 Å². The highest BCUT2D eigenvalue weighted by atomic mass is 14.7. The summed E-state index contributed by atoms with van der Waals surface area (Å²) in [6, 6.07) is 4.05. The van der Waals surface area contributed by atoms with Crippen molar-refractivity contribution in [1.29, 1.82) is 0 Å². The molecule has 1 rings (SSSR count). The average molecular weight is 123 g/mol. The summed E-state index contributed by atoms with van der Waals surface area (Å²) >= 11 is 0. The van der Waals surface area contributed by atoms with Gasteiger partial charge in [-0.15, -0.1) is 0 Å². The van der Waals surface area contributed by atoms with Crippen LogP contribution in [0, 0.1) is 6.92 Å². The van der Waals surface area contributed by atoms with Gasteiger partial charge in [-0.2, -0.15) is 0 Å². The Morgan fingerprint density at radius 3 is 2.78 bits per heavy atom. The van der Waals surface area contributed by atoms with Gasteiger partial charge in [0.1, 0.15) is 6.54 Å². The molecule has 2 heteroatoms. The number of aromatic nitrogens is 1. The van der Waals surface area contributed by atoms with E-state index in [0.29, 0.717) is 0 Å². The molecule has 0 unspecified atom stereocenters. The lowest BCUT2D eigenvalue weighted by Crippen LogP contribution is -2.47. The van der Waals surface area contributed by atoms with Gasteiger partial charge in [0.15, 0.2) is 0 Å². The SMILES string of the molecule is Cc1ccc(C[NH3+])nc1. The Balaban J connectivity index is 2.88. The highest BCUT2D eigenvalue weighted by Crippen LogP contribution is 1.95. The van der Waals surface area contributed by atoms with Crippen LogP contribution in [0.4, 0.5) is 0 Å². The molecule has 0 bridgehead atoms. The molecule has 0 aromatic carbocycles. The first-order chi connectivity index (χ1) is 4.33. The van der Waals surface area contributed by atoms with E-state index >= 15 is 0 Å². The fourth-order valence-electron chi connectivity index (χ4n) is 0.646. The number of rotatable bonds is 1. The molecule has 2 nitrogen and oxygen atoms in total. The fraction of sp³-hybridized carbons (Fsp3) is 0.286. The molecular formula is C7H11N2+. The zero-order chi connectivity index (χ0) is 6.69. The molecule has 0 amide bonds. The van der Waals surface area contributed by atoms with Crippen molar-refractivity contribution in [2.75, 3.05) is 0 Å². The number of hydrogen-bond donors (Lipinski definition) is 1. The van der Waals surface area contributed by atoms with Crippen molar-refractivity contribution in [3.8, 4) is 0 Å². The van der Waals surface area contributed by atoms with Crippen molar-refractivity contribution < 1.29 is 5.73 Å². The second-order valence-electron chi connectivity index (χ2n) is 2.08. The normalized spacial score (nSPS) is 9.56. The highest BCUT2D eigenvalue weighted by molar-refractivity contribution is 5.11. The van der Waals surface area contributed by atoms with Crippen LogP contribution in [0.3, 0.4) is 0 Å². The van der Waals surface area contributed by atoms with Gasteiger partial charge in [-0.1, -0.05) is 6.07 Å². The number of hydrogen-bond acceptors (Lipinski definition) is 1. The summed E-state index contributed by atoms with van der Waals surface area (Å²) in [4.78, 5) is 4.13. The molecule has 1 aromatic heterocycles. The Morgan fingerprint density at radius 2 is 2.33 bits per heavy atom. The van der Waals surface area contributed by atoms with E-state index in [0.717, 1.165) is 12.2 Å². The molecule has 48 valence electrons. The predicted molar refractivity (Wildman–Crippen MR) is 35.6 cm³/mol. The average Bonchev–Trinajstić information content (AvgIpc) is 1.90. The van der Waals surface area contributed by atoms with Gasteiger partial charge in [0, 0.05) is 6.20 Å². The topological polar surface area (TPSA) is 40.5 Å². The maximum absolute atomic E-state index is 4.13. The van der Waals surface area contributed by atoms with Crippen LogP contribution >= 0.6 is 0 Å². The zero-order valence-corrected chi connectivity index (χ0v) is 5.59. The summed E-state index contributed by atoms with van der Waals surface area (Å²) < 4.78 is 0. The van der Waals surface area contributed by atoms with Gasteiger partial charge in [0.05, 0.1) is 5.69 Å². The fourth-order valence-corrected chi connectivity index (χ4v) is 0.646. The number of nitrogens with zero attached hydrogens (tertiary/aromatic N) is 1. The first-order valence-electron chi connectivity index (χ1n) is 3.03. The Morgan fingerprint density at radius 1 is 1.56 bits per heavy atom. The van der Waals surface area contributed by atoms with Crippen molar-refractivity contribution >= 4 is 0 Å². The number of quaternary nitrogens is 1. The molecule has 0 spiro atoms. The van der Waals surface area contributed by atoms with Gasteiger partial charge in [-0.05, 0) is 18.6 Å². The van der Waals surface area contributed by atoms with Crippen LogP contribution < -0.4 is 5.73 Å². The second-order valence-corrected chi connectivity index (χ2v) is 2.08. The summed E-state index contributed by atoms with van der Waals surface area (Å²) in [5.41, 5.74) is 5.98. The van der Waals surface area contributed by atoms with Crippen molar-refractivity contribution in [1.82, 2.24) is 4.98 Å². The molecule has 0 fully saturated rings. The third-order valence-corrected chi connectivity index (χ3v) is 1.23. The molecule has 0 saturated heterocycles. The largest absolute Gasteiger partial charge is 0.353 e. The van der Waals surface area contributed by atoms with Gasteiger partial charge in [0.25, 0.3) is 0 Å². The Bertz CT molecular complexity index is 179. The van der Waals surface area contributed by atoms with E-state index in [2.05, 4.69) is 10.7 Å². The summed E-state index contributed by atoms with van der Waals surface area (Å²) in [5, 5.41) is 0. The minimum Gasteiger partial charge on any atom is -0.353 e. The molecule has 3 N–H and O–H groups in total. The molecule has 1 heterocycles. The van der Waals surface area contributed by atoms with Crippen LogP contribution in [0.5, 0.6) is 0 Å². The minimum atomic E-state index is 0.778. The van der Waals surface area contributed by atoms with E-state index in [1.807, 2.05) is 25.3 Å². The van der Waals surface area contributed by atoms with Crippen molar-refractivity contribution in [2.24, 2.45) is 0 Å². The molecule has 0 atom stereocenters.